The van der Waals surface area contributed by atoms with E-state index in [9.17, 15) is 14.4 Å². The molecule has 8 nitrogen and oxygen atoms in total. The summed E-state index contributed by atoms with van der Waals surface area (Å²) in [5, 5.41) is 0. The van der Waals surface area contributed by atoms with Gasteiger partial charge >= 0.3 is 17.9 Å². The zero-order chi connectivity index (χ0) is 20.1. The van der Waals surface area contributed by atoms with E-state index >= 15 is 0 Å². The number of alkyl halides is 1. The minimum atomic E-state index is -0.933. The Balaban J connectivity index is 2.37. The second-order valence-corrected chi connectivity index (χ2v) is 7.34. The Morgan fingerprint density at radius 1 is 1.04 bits per heavy atom. The minimum Gasteiger partial charge on any atom is -0.463 e. The van der Waals surface area contributed by atoms with Gasteiger partial charge in [-0.3, -0.25) is 14.4 Å². The summed E-state index contributed by atoms with van der Waals surface area (Å²) in [6.45, 7) is 5.60. The molecule has 5 atom stereocenters. The fourth-order valence-corrected chi connectivity index (χ4v) is 3.60. The van der Waals surface area contributed by atoms with Gasteiger partial charge in [0.1, 0.15) is 17.5 Å². The molecule has 0 radical (unpaired) electrons. The number of halogens is 1. The van der Waals surface area contributed by atoms with Gasteiger partial charge in [-0.15, -0.1) is 0 Å². The fraction of sp³-hybridized carbons (Fsp3) is 0.556. The predicted octanol–water partition coefficient (Wildman–Crippen LogP) is 1.37. The van der Waals surface area contributed by atoms with Crippen molar-refractivity contribution in [3.63, 3.8) is 0 Å². The maximum absolute atomic E-state index is 11.6. The number of carbonyl (C=O) groups excluding carboxylic acids is 3. The topological polar surface area (TPSA) is 92.0 Å². The van der Waals surface area contributed by atoms with Gasteiger partial charge in [-0.1, -0.05) is 15.9 Å². The molecule has 0 aromatic carbocycles. The minimum absolute atomic E-state index is 0.145. The van der Waals surface area contributed by atoms with Crippen LogP contribution in [0.4, 0.5) is 0 Å². The van der Waals surface area contributed by atoms with Crippen molar-refractivity contribution in [3.8, 4) is 0 Å². The van der Waals surface area contributed by atoms with Gasteiger partial charge in [0.25, 0.3) is 6.23 Å². The first kappa shape index (κ1) is 21.3. The third-order valence-electron chi connectivity index (χ3n) is 3.96. The van der Waals surface area contributed by atoms with Crippen LogP contribution >= 0.6 is 15.9 Å². The summed E-state index contributed by atoms with van der Waals surface area (Å²) in [5.41, 5.74) is 1.07. The molecular formula is C18H23BrNO7+. The van der Waals surface area contributed by atoms with Crippen LogP contribution < -0.4 is 4.57 Å². The summed E-state index contributed by atoms with van der Waals surface area (Å²) in [5.74, 6) is -1.58. The van der Waals surface area contributed by atoms with Crippen LogP contribution in [0.2, 0.25) is 0 Å². The third kappa shape index (κ3) is 5.74. The summed E-state index contributed by atoms with van der Waals surface area (Å²) in [7, 11) is 0. The normalized spacial score (nSPS) is 27.5. The Hall–Kier alpha value is -2.00. The van der Waals surface area contributed by atoms with Gasteiger partial charge in [-0.05, 0) is 12.5 Å². The molecule has 1 aromatic heterocycles. The highest BCUT2D eigenvalue weighted by atomic mass is 79.9. The number of pyridine rings is 1. The molecule has 9 heteroatoms. The number of rotatable bonds is 5. The third-order valence-corrected chi connectivity index (χ3v) is 4.93. The van der Waals surface area contributed by atoms with Gasteiger partial charge in [-0.2, -0.15) is 4.57 Å². The molecule has 0 spiro atoms. The Kier molecular flexibility index (Phi) is 7.32. The highest BCUT2D eigenvalue weighted by Crippen LogP contribution is 2.34. The second-order valence-electron chi connectivity index (χ2n) is 6.28. The molecular weight excluding hydrogens is 422 g/mol. The molecule has 1 aliphatic heterocycles. The van der Waals surface area contributed by atoms with Crippen molar-refractivity contribution in [2.24, 2.45) is 0 Å². The number of aromatic nitrogens is 1. The maximum atomic E-state index is 11.6. The first-order valence-corrected chi connectivity index (χ1v) is 9.35. The molecule has 2 rings (SSSR count). The lowest BCUT2D eigenvalue weighted by molar-refractivity contribution is -0.768. The molecule has 27 heavy (non-hydrogen) atoms. The second kappa shape index (κ2) is 9.27. The van der Waals surface area contributed by atoms with Crippen molar-refractivity contribution in [1.29, 1.82) is 0 Å². The van der Waals surface area contributed by atoms with Crippen molar-refractivity contribution >= 4 is 33.8 Å². The van der Waals surface area contributed by atoms with Crippen LogP contribution in [0.1, 0.15) is 32.6 Å². The molecule has 0 N–H and O–H groups in total. The highest BCUT2D eigenvalue weighted by Gasteiger charge is 2.53. The Bertz CT molecular complexity index is 693. The molecule has 0 bridgehead atoms. The zero-order valence-electron chi connectivity index (χ0n) is 15.6. The molecule has 1 fully saturated rings. The van der Waals surface area contributed by atoms with Crippen LogP contribution in [0.25, 0.3) is 0 Å². The molecule has 0 saturated carbocycles. The SMILES string of the molecule is CC(=O)OC[C@H]1O[C@@H]([n+]2ccc(C)cc2)[C@H](Br)[C@@H](OC(C)=O)[C@@H]1OC(C)=O. The smallest absolute Gasteiger partial charge is 0.303 e. The van der Waals surface area contributed by atoms with Crippen molar-refractivity contribution in [2.75, 3.05) is 6.61 Å². The van der Waals surface area contributed by atoms with E-state index in [4.69, 9.17) is 18.9 Å². The molecule has 1 aliphatic rings. The summed E-state index contributed by atoms with van der Waals surface area (Å²) in [6, 6.07) is 3.81. The predicted molar refractivity (Wildman–Crippen MR) is 95.7 cm³/mol. The van der Waals surface area contributed by atoms with Gasteiger partial charge in [0, 0.05) is 32.9 Å². The first-order chi connectivity index (χ1) is 12.7. The Morgan fingerprint density at radius 3 is 2.11 bits per heavy atom. The van der Waals surface area contributed by atoms with Crippen LogP contribution in [0, 0.1) is 6.92 Å². The van der Waals surface area contributed by atoms with E-state index in [2.05, 4.69) is 15.9 Å². The van der Waals surface area contributed by atoms with Gasteiger partial charge < -0.3 is 18.9 Å². The number of carbonyl (C=O) groups is 3. The number of aryl methyl sites for hydroxylation is 1. The summed E-state index contributed by atoms with van der Waals surface area (Å²) < 4.78 is 23.7. The average molecular weight is 445 g/mol. The van der Waals surface area contributed by atoms with E-state index in [0.29, 0.717) is 0 Å². The number of esters is 3. The molecule has 0 unspecified atom stereocenters. The van der Waals surface area contributed by atoms with Crippen LogP contribution in [0.5, 0.6) is 0 Å². The van der Waals surface area contributed by atoms with Gasteiger partial charge in [-0.25, -0.2) is 0 Å². The molecule has 1 aromatic rings. The Morgan fingerprint density at radius 2 is 1.59 bits per heavy atom. The molecule has 1 saturated heterocycles. The number of hydrogen-bond donors (Lipinski definition) is 0. The monoisotopic (exact) mass is 444 g/mol. The van der Waals surface area contributed by atoms with Gasteiger partial charge in [0.05, 0.1) is 0 Å². The molecule has 0 aliphatic carbocycles. The first-order valence-electron chi connectivity index (χ1n) is 8.43. The van der Waals surface area contributed by atoms with Gasteiger partial charge in [0.2, 0.25) is 0 Å². The summed E-state index contributed by atoms with van der Waals surface area (Å²) >= 11 is 3.52. The molecule has 0 amide bonds. The van der Waals surface area contributed by atoms with E-state index in [1.54, 1.807) is 4.57 Å². The lowest BCUT2D eigenvalue weighted by atomic mass is 10.00. The largest absolute Gasteiger partial charge is 0.463 e. The van der Waals surface area contributed by atoms with Crippen LogP contribution in [-0.2, 0) is 33.3 Å². The van der Waals surface area contributed by atoms with E-state index in [0.717, 1.165) is 5.56 Å². The van der Waals surface area contributed by atoms with Crippen LogP contribution in [-0.4, -0.2) is 47.7 Å². The molecule has 148 valence electrons. The van der Waals surface area contributed by atoms with E-state index in [1.165, 1.54) is 20.8 Å². The van der Waals surface area contributed by atoms with E-state index in [1.807, 2.05) is 31.5 Å². The molecule has 2 heterocycles. The summed E-state index contributed by atoms with van der Waals surface area (Å²) in [6.07, 6.45) is 0.497. The van der Waals surface area contributed by atoms with E-state index < -0.39 is 47.3 Å². The quantitative estimate of drug-likeness (QED) is 0.293. The van der Waals surface area contributed by atoms with Crippen molar-refractivity contribution in [1.82, 2.24) is 0 Å². The number of ether oxygens (including phenoxy) is 4. The fourth-order valence-electron chi connectivity index (χ4n) is 2.80. The number of hydrogen-bond acceptors (Lipinski definition) is 7. The van der Waals surface area contributed by atoms with E-state index in [-0.39, 0.29) is 6.61 Å². The van der Waals surface area contributed by atoms with Crippen molar-refractivity contribution in [2.45, 2.75) is 57.1 Å². The highest BCUT2D eigenvalue weighted by molar-refractivity contribution is 9.09. The average Bonchev–Trinajstić information content (AvgIpc) is 2.57. The van der Waals surface area contributed by atoms with Gasteiger partial charge in [0.15, 0.2) is 24.6 Å². The standard InChI is InChI=1S/C18H23BrNO7/c1-10-5-7-20(8-6-10)18-15(19)17(26-13(4)23)16(25-12(3)22)14(27-18)9-24-11(2)21/h5-8,14-18H,9H2,1-4H3/q+1/t14-,15-,16-,17-,18-/m1/s1. The lowest BCUT2D eigenvalue weighted by Gasteiger charge is -2.40. The van der Waals surface area contributed by atoms with Crippen molar-refractivity contribution < 1.29 is 37.9 Å². The van der Waals surface area contributed by atoms with Crippen LogP contribution in [0.15, 0.2) is 24.5 Å². The zero-order valence-corrected chi connectivity index (χ0v) is 17.2. The summed E-state index contributed by atoms with van der Waals surface area (Å²) in [4.78, 5) is 33.9. The maximum Gasteiger partial charge on any atom is 0.303 e. The Labute approximate surface area is 165 Å². The van der Waals surface area contributed by atoms with Crippen molar-refractivity contribution in [3.05, 3.63) is 30.1 Å². The number of nitrogens with zero attached hydrogens (tertiary/aromatic N) is 1. The van der Waals surface area contributed by atoms with Crippen LogP contribution in [0.3, 0.4) is 0 Å². The lowest BCUT2D eigenvalue weighted by Crippen LogP contribution is -2.62.